The number of carbonyl (C=O) groups excluding carboxylic acids is 1. The molecule has 1 atom stereocenters. The lowest BCUT2D eigenvalue weighted by molar-refractivity contribution is 0.0945. The first-order valence-electron chi connectivity index (χ1n) is 6.94. The fraction of sp³-hybridized carbons (Fsp3) is 0.333. The third-order valence-corrected chi connectivity index (χ3v) is 3.13. The Kier molecular flexibility index (Phi) is 5.21. The van der Waals surface area contributed by atoms with Crippen molar-refractivity contribution in [3.05, 3.63) is 53.2 Å². The largest absolute Gasteiger partial charge is 0.446 e. The minimum absolute atomic E-state index is 0.0732. The zero-order valence-electron chi connectivity index (χ0n) is 12.1. The van der Waals surface area contributed by atoms with E-state index in [-0.39, 0.29) is 23.8 Å². The molecule has 2 aromatic rings. The van der Waals surface area contributed by atoms with E-state index in [2.05, 4.69) is 10.3 Å². The Balaban J connectivity index is 1.97. The Morgan fingerprint density at radius 3 is 2.91 bits per heavy atom. The fourth-order valence-electron chi connectivity index (χ4n) is 1.93. The van der Waals surface area contributed by atoms with E-state index in [0.717, 1.165) is 18.6 Å². The van der Waals surface area contributed by atoms with Crippen molar-refractivity contribution in [1.29, 1.82) is 0 Å². The van der Waals surface area contributed by atoms with Crippen molar-refractivity contribution in [1.82, 2.24) is 10.3 Å². The predicted octanol–water partition coefficient (Wildman–Crippen LogP) is 2.68. The highest BCUT2D eigenvalue weighted by atomic mass is 19.1. The van der Waals surface area contributed by atoms with E-state index in [1.54, 1.807) is 0 Å². The van der Waals surface area contributed by atoms with E-state index in [1.807, 2.05) is 6.92 Å². The maximum Gasteiger partial charge on any atom is 0.273 e. The van der Waals surface area contributed by atoms with Gasteiger partial charge in [0, 0.05) is 18.2 Å². The standard InChI is InChI=1S/C15H17F2N3O2/c1-2-3-12(18)15-20-13(8-22-15)14(21)19-7-9-4-5-10(16)6-11(9)17/h4-6,8,12H,2-3,7,18H2,1H3,(H,19,21). The van der Waals surface area contributed by atoms with Crippen LogP contribution in [0, 0.1) is 11.6 Å². The molecule has 0 saturated heterocycles. The van der Waals surface area contributed by atoms with E-state index in [9.17, 15) is 13.6 Å². The molecule has 1 heterocycles. The van der Waals surface area contributed by atoms with Crippen molar-refractivity contribution in [3.8, 4) is 0 Å². The molecule has 5 nitrogen and oxygen atoms in total. The SMILES string of the molecule is CCCC(N)c1nc(C(=O)NCc2ccc(F)cc2F)co1. The van der Waals surface area contributed by atoms with Crippen molar-refractivity contribution in [2.45, 2.75) is 32.4 Å². The van der Waals surface area contributed by atoms with Gasteiger partial charge >= 0.3 is 0 Å². The average Bonchev–Trinajstić information content (AvgIpc) is 2.96. The Morgan fingerprint density at radius 2 is 2.23 bits per heavy atom. The highest BCUT2D eigenvalue weighted by molar-refractivity contribution is 5.91. The number of hydrogen-bond acceptors (Lipinski definition) is 4. The van der Waals surface area contributed by atoms with E-state index < -0.39 is 17.5 Å². The van der Waals surface area contributed by atoms with Gasteiger partial charge < -0.3 is 15.5 Å². The Hall–Kier alpha value is -2.28. The van der Waals surface area contributed by atoms with Gasteiger partial charge in [-0.05, 0) is 12.5 Å². The van der Waals surface area contributed by atoms with Crippen LogP contribution in [0.15, 0.2) is 28.9 Å². The number of nitrogens with two attached hydrogens (primary N) is 1. The highest BCUT2D eigenvalue weighted by Crippen LogP contribution is 2.15. The van der Waals surface area contributed by atoms with Crippen LogP contribution in [0.1, 0.15) is 47.7 Å². The molecule has 0 bridgehead atoms. The smallest absolute Gasteiger partial charge is 0.273 e. The normalized spacial score (nSPS) is 12.2. The van der Waals surface area contributed by atoms with Gasteiger partial charge in [0.25, 0.3) is 5.91 Å². The van der Waals surface area contributed by atoms with Gasteiger partial charge in [-0.2, -0.15) is 0 Å². The molecule has 0 radical (unpaired) electrons. The van der Waals surface area contributed by atoms with E-state index in [4.69, 9.17) is 10.2 Å². The molecule has 0 aliphatic rings. The topological polar surface area (TPSA) is 81.1 Å². The van der Waals surface area contributed by atoms with Crippen LogP contribution in [0.25, 0.3) is 0 Å². The molecule has 0 spiro atoms. The number of halogens is 2. The summed E-state index contributed by atoms with van der Waals surface area (Å²) in [6.45, 7) is 1.90. The van der Waals surface area contributed by atoms with Crippen molar-refractivity contribution >= 4 is 5.91 Å². The number of nitrogens with one attached hydrogen (secondary N) is 1. The predicted molar refractivity (Wildman–Crippen MR) is 75.9 cm³/mol. The quantitative estimate of drug-likeness (QED) is 0.859. The maximum atomic E-state index is 13.5. The first-order chi connectivity index (χ1) is 10.5. The number of oxazole rings is 1. The molecule has 7 heteroatoms. The van der Waals surface area contributed by atoms with E-state index in [0.29, 0.717) is 12.3 Å². The number of nitrogens with zero attached hydrogens (tertiary/aromatic N) is 1. The number of benzene rings is 1. The summed E-state index contributed by atoms with van der Waals surface area (Å²) in [4.78, 5) is 15.9. The lowest BCUT2D eigenvalue weighted by atomic mass is 10.2. The van der Waals surface area contributed by atoms with Gasteiger partial charge in [0.15, 0.2) is 5.69 Å². The summed E-state index contributed by atoms with van der Waals surface area (Å²) >= 11 is 0. The molecule has 0 saturated carbocycles. The lowest BCUT2D eigenvalue weighted by Gasteiger charge is -2.05. The zero-order chi connectivity index (χ0) is 16.1. The van der Waals surface area contributed by atoms with Gasteiger partial charge in [-0.15, -0.1) is 0 Å². The number of aromatic nitrogens is 1. The van der Waals surface area contributed by atoms with Crippen LogP contribution in [0.2, 0.25) is 0 Å². The van der Waals surface area contributed by atoms with Crippen molar-refractivity contribution in [2.75, 3.05) is 0 Å². The summed E-state index contributed by atoms with van der Waals surface area (Å²) in [6.07, 6.45) is 2.78. The number of hydrogen-bond donors (Lipinski definition) is 2. The van der Waals surface area contributed by atoms with E-state index >= 15 is 0 Å². The lowest BCUT2D eigenvalue weighted by Crippen LogP contribution is -2.24. The van der Waals surface area contributed by atoms with Gasteiger partial charge in [0.2, 0.25) is 5.89 Å². The molecule has 118 valence electrons. The molecule has 2 rings (SSSR count). The molecule has 0 aliphatic heterocycles. The number of amides is 1. The molecular formula is C15H17F2N3O2. The summed E-state index contributed by atoms with van der Waals surface area (Å²) in [6, 6.07) is 2.80. The average molecular weight is 309 g/mol. The minimum atomic E-state index is -0.717. The summed E-state index contributed by atoms with van der Waals surface area (Å²) in [5.74, 6) is -1.60. The summed E-state index contributed by atoms with van der Waals surface area (Å²) in [7, 11) is 0. The zero-order valence-corrected chi connectivity index (χ0v) is 12.1. The van der Waals surface area contributed by atoms with Crippen LogP contribution in [0.5, 0.6) is 0 Å². The van der Waals surface area contributed by atoms with Crippen LogP contribution >= 0.6 is 0 Å². The molecular weight excluding hydrogens is 292 g/mol. The second-order valence-electron chi connectivity index (χ2n) is 4.88. The van der Waals surface area contributed by atoms with Crippen LogP contribution in [0.3, 0.4) is 0 Å². The summed E-state index contributed by atoms with van der Waals surface area (Å²) < 4.78 is 31.4. The molecule has 1 aromatic heterocycles. The third kappa shape index (κ3) is 3.88. The van der Waals surface area contributed by atoms with Crippen molar-refractivity contribution < 1.29 is 18.0 Å². The van der Waals surface area contributed by atoms with Crippen LogP contribution in [0.4, 0.5) is 8.78 Å². The second-order valence-corrected chi connectivity index (χ2v) is 4.88. The minimum Gasteiger partial charge on any atom is -0.446 e. The van der Waals surface area contributed by atoms with Crippen LogP contribution in [-0.2, 0) is 6.54 Å². The van der Waals surface area contributed by atoms with Gasteiger partial charge in [-0.3, -0.25) is 4.79 Å². The first kappa shape index (κ1) is 16.1. The monoisotopic (exact) mass is 309 g/mol. The molecule has 0 fully saturated rings. The second kappa shape index (κ2) is 7.13. The van der Waals surface area contributed by atoms with Gasteiger partial charge in [0.05, 0.1) is 6.04 Å². The number of rotatable bonds is 6. The Bertz CT molecular complexity index is 658. The van der Waals surface area contributed by atoms with Crippen molar-refractivity contribution in [3.63, 3.8) is 0 Å². The Labute approximate surface area is 126 Å². The molecule has 3 N–H and O–H groups in total. The molecule has 22 heavy (non-hydrogen) atoms. The Morgan fingerprint density at radius 1 is 1.45 bits per heavy atom. The van der Waals surface area contributed by atoms with Gasteiger partial charge in [0.1, 0.15) is 17.9 Å². The molecule has 1 aromatic carbocycles. The highest BCUT2D eigenvalue weighted by Gasteiger charge is 2.16. The van der Waals surface area contributed by atoms with E-state index in [1.165, 1.54) is 12.3 Å². The van der Waals surface area contributed by atoms with Crippen molar-refractivity contribution in [2.24, 2.45) is 5.73 Å². The van der Waals surface area contributed by atoms with Gasteiger partial charge in [-0.1, -0.05) is 19.4 Å². The summed E-state index contributed by atoms with van der Waals surface area (Å²) in [5, 5.41) is 2.50. The van der Waals surface area contributed by atoms with Gasteiger partial charge in [-0.25, -0.2) is 13.8 Å². The molecule has 1 unspecified atom stereocenters. The summed E-state index contributed by atoms with van der Waals surface area (Å²) in [5.41, 5.74) is 6.10. The van der Waals surface area contributed by atoms with Crippen LogP contribution < -0.4 is 11.1 Å². The van der Waals surface area contributed by atoms with Crippen LogP contribution in [-0.4, -0.2) is 10.9 Å². The maximum absolute atomic E-state index is 13.5. The molecule has 0 aliphatic carbocycles. The molecule has 1 amide bonds. The fourth-order valence-corrected chi connectivity index (χ4v) is 1.93. The number of carbonyl (C=O) groups is 1. The first-order valence-corrected chi connectivity index (χ1v) is 6.94. The third-order valence-electron chi connectivity index (χ3n) is 3.13.